The smallest absolute Gasteiger partial charge is 0.263 e. The predicted octanol–water partition coefficient (Wildman–Crippen LogP) is 3.08. The molecular formula is C18H15NO3. The Labute approximate surface area is 127 Å². The molecule has 3 rings (SSSR count). The fourth-order valence-corrected chi connectivity index (χ4v) is 2.68. The lowest BCUT2D eigenvalue weighted by molar-refractivity contribution is 0.103. The Bertz CT molecular complexity index is 940. The molecule has 4 heteroatoms. The van der Waals surface area contributed by atoms with Crippen LogP contribution < -0.4 is 5.56 Å². The van der Waals surface area contributed by atoms with Crippen molar-refractivity contribution in [2.75, 3.05) is 0 Å². The van der Waals surface area contributed by atoms with Gasteiger partial charge < -0.3 is 10.1 Å². The maximum atomic E-state index is 12.5. The van der Waals surface area contributed by atoms with Gasteiger partial charge in [-0.2, -0.15) is 0 Å². The van der Waals surface area contributed by atoms with Crippen LogP contribution in [0.5, 0.6) is 5.75 Å². The standard InChI is InChI=1S/C18H15NO3/c1-10-8-11(2)15-13(9-10)17(21)14(18(22)19-15)16(20)12-6-4-3-5-7-12/h3-9H,1-2H3,(H2,19,21,22). The second kappa shape index (κ2) is 5.15. The first-order chi connectivity index (χ1) is 10.5. The summed E-state index contributed by atoms with van der Waals surface area (Å²) in [7, 11) is 0. The van der Waals surface area contributed by atoms with E-state index in [-0.39, 0.29) is 11.3 Å². The fraction of sp³-hybridized carbons (Fsp3) is 0.111. The number of ketones is 1. The van der Waals surface area contributed by atoms with Crippen LogP contribution in [0.15, 0.2) is 47.3 Å². The number of hydrogen-bond donors (Lipinski definition) is 2. The summed E-state index contributed by atoms with van der Waals surface area (Å²) in [6.45, 7) is 3.75. The number of pyridine rings is 1. The van der Waals surface area contributed by atoms with Gasteiger partial charge in [0.2, 0.25) is 5.78 Å². The summed E-state index contributed by atoms with van der Waals surface area (Å²) in [5, 5.41) is 11.0. The number of aromatic hydroxyl groups is 1. The molecule has 0 aliphatic rings. The highest BCUT2D eigenvalue weighted by Gasteiger charge is 2.21. The number of rotatable bonds is 2. The van der Waals surface area contributed by atoms with E-state index < -0.39 is 11.3 Å². The van der Waals surface area contributed by atoms with E-state index in [4.69, 9.17) is 0 Å². The third-order valence-electron chi connectivity index (χ3n) is 3.70. The lowest BCUT2D eigenvalue weighted by Crippen LogP contribution is -2.19. The van der Waals surface area contributed by atoms with Gasteiger partial charge in [-0.3, -0.25) is 9.59 Å². The number of benzene rings is 2. The Balaban J connectivity index is 2.32. The Morgan fingerprint density at radius 1 is 1.09 bits per heavy atom. The van der Waals surface area contributed by atoms with Crippen LogP contribution in [-0.4, -0.2) is 15.9 Å². The van der Waals surface area contributed by atoms with Crippen LogP contribution in [0.2, 0.25) is 0 Å². The van der Waals surface area contributed by atoms with E-state index >= 15 is 0 Å². The highest BCUT2D eigenvalue weighted by atomic mass is 16.3. The number of hydrogen-bond acceptors (Lipinski definition) is 3. The molecule has 0 saturated heterocycles. The van der Waals surface area contributed by atoms with Gasteiger partial charge in [0.15, 0.2) is 0 Å². The van der Waals surface area contributed by atoms with Crippen molar-refractivity contribution >= 4 is 16.7 Å². The number of carbonyl (C=O) groups excluding carboxylic acids is 1. The van der Waals surface area contributed by atoms with Crippen molar-refractivity contribution in [1.29, 1.82) is 0 Å². The topological polar surface area (TPSA) is 70.2 Å². The molecular weight excluding hydrogens is 278 g/mol. The maximum absolute atomic E-state index is 12.5. The average Bonchev–Trinajstić information content (AvgIpc) is 2.49. The van der Waals surface area contributed by atoms with Gasteiger partial charge in [-0.05, 0) is 31.0 Å². The zero-order valence-corrected chi connectivity index (χ0v) is 12.3. The normalized spacial score (nSPS) is 10.8. The lowest BCUT2D eigenvalue weighted by Gasteiger charge is -2.09. The molecule has 0 atom stereocenters. The van der Waals surface area contributed by atoms with E-state index in [0.717, 1.165) is 11.1 Å². The number of nitrogens with one attached hydrogen (secondary N) is 1. The Hall–Kier alpha value is -2.88. The molecule has 0 radical (unpaired) electrons. The molecule has 0 saturated carbocycles. The molecule has 0 aliphatic heterocycles. The predicted molar refractivity (Wildman–Crippen MR) is 85.6 cm³/mol. The third-order valence-corrected chi connectivity index (χ3v) is 3.70. The number of aryl methyl sites for hydroxylation is 2. The summed E-state index contributed by atoms with van der Waals surface area (Å²) in [5.74, 6) is -0.750. The minimum atomic E-state index is -0.578. The van der Waals surface area contributed by atoms with Crippen molar-refractivity contribution in [1.82, 2.24) is 4.98 Å². The van der Waals surface area contributed by atoms with Gasteiger partial charge >= 0.3 is 0 Å². The second-order valence-corrected chi connectivity index (χ2v) is 5.38. The summed E-state index contributed by atoms with van der Waals surface area (Å²) in [6.07, 6.45) is 0. The average molecular weight is 293 g/mol. The zero-order valence-electron chi connectivity index (χ0n) is 12.3. The van der Waals surface area contributed by atoms with Crippen LogP contribution >= 0.6 is 0 Å². The van der Waals surface area contributed by atoms with E-state index in [2.05, 4.69) is 4.98 Å². The SMILES string of the molecule is Cc1cc(C)c2[nH]c(=O)c(C(=O)c3ccccc3)c(O)c2c1. The highest BCUT2D eigenvalue weighted by Crippen LogP contribution is 2.29. The molecule has 1 aromatic heterocycles. The number of aromatic amines is 1. The van der Waals surface area contributed by atoms with Crippen molar-refractivity contribution in [3.8, 4) is 5.75 Å². The van der Waals surface area contributed by atoms with Crippen molar-refractivity contribution in [2.45, 2.75) is 13.8 Å². The highest BCUT2D eigenvalue weighted by molar-refractivity contribution is 6.13. The molecule has 0 spiro atoms. The molecule has 1 heterocycles. The maximum Gasteiger partial charge on any atom is 0.263 e. The summed E-state index contributed by atoms with van der Waals surface area (Å²) in [4.78, 5) is 27.5. The van der Waals surface area contributed by atoms with E-state index in [9.17, 15) is 14.7 Å². The molecule has 0 aliphatic carbocycles. The van der Waals surface area contributed by atoms with E-state index in [1.807, 2.05) is 19.9 Å². The van der Waals surface area contributed by atoms with Gasteiger partial charge in [0.05, 0.1) is 5.52 Å². The minimum Gasteiger partial charge on any atom is -0.506 e. The van der Waals surface area contributed by atoms with Gasteiger partial charge in [-0.1, -0.05) is 36.4 Å². The van der Waals surface area contributed by atoms with Gasteiger partial charge in [0, 0.05) is 10.9 Å². The van der Waals surface area contributed by atoms with Crippen molar-refractivity contribution < 1.29 is 9.90 Å². The Morgan fingerprint density at radius 3 is 2.45 bits per heavy atom. The molecule has 0 unspecified atom stereocenters. The van der Waals surface area contributed by atoms with Gasteiger partial charge in [-0.25, -0.2) is 0 Å². The van der Waals surface area contributed by atoms with Crippen LogP contribution in [0.25, 0.3) is 10.9 Å². The lowest BCUT2D eigenvalue weighted by atomic mass is 9.99. The second-order valence-electron chi connectivity index (χ2n) is 5.38. The number of H-pyrrole nitrogens is 1. The molecule has 0 amide bonds. The monoisotopic (exact) mass is 293 g/mol. The first-order valence-electron chi connectivity index (χ1n) is 6.95. The largest absolute Gasteiger partial charge is 0.506 e. The van der Waals surface area contributed by atoms with E-state index in [1.165, 1.54) is 0 Å². The molecule has 22 heavy (non-hydrogen) atoms. The van der Waals surface area contributed by atoms with Gasteiger partial charge in [0.25, 0.3) is 5.56 Å². The van der Waals surface area contributed by atoms with Crippen LogP contribution in [-0.2, 0) is 0 Å². The van der Waals surface area contributed by atoms with Crippen molar-refractivity contribution in [2.24, 2.45) is 0 Å². The zero-order chi connectivity index (χ0) is 15.9. The summed E-state index contributed by atoms with van der Waals surface area (Å²) >= 11 is 0. The Kier molecular flexibility index (Phi) is 3.29. The molecule has 110 valence electrons. The van der Waals surface area contributed by atoms with Gasteiger partial charge in [-0.15, -0.1) is 0 Å². The van der Waals surface area contributed by atoms with Crippen LogP contribution in [0.3, 0.4) is 0 Å². The molecule has 0 bridgehead atoms. The minimum absolute atomic E-state index is 0.219. The van der Waals surface area contributed by atoms with E-state index in [0.29, 0.717) is 16.5 Å². The summed E-state index contributed by atoms with van der Waals surface area (Å²) < 4.78 is 0. The number of fused-ring (bicyclic) bond motifs is 1. The number of aromatic nitrogens is 1. The first kappa shape index (κ1) is 14.1. The fourth-order valence-electron chi connectivity index (χ4n) is 2.68. The first-order valence-corrected chi connectivity index (χ1v) is 6.95. The van der Waals surface area contributed by atoms with Crippen LogP contribution in [0.1, 0.15) is 27.0 Å². The molecule has 0 fully saturated rings. The molecule has 2 aromatic carbocycles. The van der Waals surface area contributed by atoms with Crippen molar-refractivity contribution in [3.63, 3.8) is 0 Å². The van der Waals surface area contributed by atoms with Crippen molar-refractivity contribution in [3.05, 3.63) is 75.1 Å². The summed E-state index contributed by atoms with van der Waals surface area (Å²) in [6, 6.07) is 12.1. The quantitative estimate of drug-likeness (QED) is 0.713. The van der Waals surface area contributed by atoms with Crippen LogP contribution in [0.4, 0.5) is 0 Å². The molecule has 2 N–H and O–H groups in total. The molecule has 3 aromatic rings. The summed E-state index contributed by atoms with van der Waals surface area (Å²) in [5.41, 5.74) is 1.92. The molecule has 4 nitrogen and oxygen atoms in total. The third kappa shape index (κ3) is 2.19. The number of carbonyl (C=O) groups is 1. The van der Waals surface area contributed by atoms with Gasteiger partial charge in [0.1, 0.15) is 11.3 Å². The van der Waals surface area contributed by atoms with Crippen LogP contribution in [0, 0.1) is 13.8 Å². The Morgan fingerprint density at radius 2 is 1.77 bits per heavy atom. The van der Waals surface area contributed by atoms with E-state index in [1.54, 1.807) is 36.4 Å².